The first-order valence-electron chi connectivity index (χ1n) is 7.08. The van der Waals surface area contributed by atoms with Crippen LogP contribution >= 0.6 is 0 Å². The molecule has 0 bridgehead atoms. The molecule has 0 aliphatic heterocycles. The number of nitrogens with one attached hydrogen (secondary N) is 1. The zero-order chi connectivity index (χ0) is 15.0. The average molecular weight is 276 g/mol. The quantitative estimate of drug-likeness (QED) is 0.828. The van der Waals surface area contributed by atoms with Crippen LogP contribution in [0.25, 0.3) is 0 Å². The lowest BCUT2D eigenvalue weighted by atomic mass is 10.1. The third-order valence-corrected chi connectivity index (χ3v) is 2.97. The number of carbonyl (C=O) groups is 2. The molecule has 4 nitrogen and oxygen atoms in total. The van der Waals surface area contributed by atoms with Crippen molar-refractivity contribution in [1.29, 1.82) is 0 Å². The maximum atomic E-state index is 11.7. The summed E-state index contributed by atoms with van der Waals surface area (Å²) in [4.78, 5) is 24.8. The van der Waals surface area contributed by atoms with Gasteiger partial charge in [0.1, 0.15) is 0 Å². The molecule has 0 atom stereocenters. The van der Waals surface area contributed by atoms with Crippen LogP contribution in [0.3, 0.4) is 0 Å². The van der Waals surface area contributed by atoms with Crippen LogP contribution in [0.1, 0.15) is 32.8 Å². The standard InChI is InChI=1S/C16H24N2O2/c1-13(2)17-16(20)12-18(14(3)19)11-7-10-15-8-5-4-6-9-15/h4-6,8-9,13H,7,10-12H2,1-3H3,(H,17,20). The highest BCUT2D eigenvalue weighted by Gasteiger charge is 2.13. The Bertz CT molecular complexity index is 429. The van der Waals surface area contributed by atoms with Crippen LogP contribution < -0.4 is 5.32 Å². The summed E-state index contributed by atoms with van der Waals surface area (Å²) in [5.41, 5.74) is 1.25. The fourth-order valence-corrected chi connectivity index (χ4v) is 2.01. The number of carbonyl (C=O) groups excluding carboxylic acids is 2. The molecular formula is C16H24N2O2. The van der Waals surface area contributed by atoms with Crippen LogP contribution in [0.2, 0.25) is 0 Å². The van der Waals surface area contributed by atoms with E-state index in [1.54, 1.807) is 4.90 Å². The SMILES string of the molecule is CC(=O)N(CCCc1ccccc1)CC(=O)NC(C)C. The van der Waals surface area contributed by atoms with E-state index in [-0.39, 0.29) is 24.4 Å². The Morgan fingerprint density at radius 3 is 2.40 bits per heavy atom. The molecule has 0 heterocycles. The summed E-state index contributed by atoms with van der Waals surface area (Å²) >= 11 is 0. The molecular weight excluding hydrogens is 252 g/mol. The van der Waals surface area contributed by atoms with E-state index in [0.717, 1.165) is 12.8 Å². The van der Waals surface area contributed by atoms with E-state index in [9.17, 15) is 9.59 Å². The normalized spacial score (nSPS) is 10.4. The highest BCUT2D eigenvalue weighted by molar-refractivity contribution is 5.83. The van der Waals surface area contributed by atoms with Gasteiger partial charge in [-0.15, -0.1) is 0 Å². The molecule has 1 N–H and O–H groups in total. The van der Waals surface area contributed by atoms with E-state index < -0.39 is 0 Å². The highest BCUT2D eigenvalue weighted by atomic mass is 16.2. The maximum absolute atomic E-state index is 11.7. The van der Waals surface area contributed by atoms with Gasteiger partial charge < -0.3 is 10.2 Å². The average Bonchev–Trinajstić information content (AvgIpc) is 2.37. The number of nitrogens with zero attached hydrogens (tertiary/aromatic N) is 1. The second-order valence-corrected chi connectivity index (χ2v) is 5.25. The lowest BCUT2D eigenvalue weighted by Crippen LogP contribution is -2.42. The molecule has 1 rings (SSSR count). The van der Waals surface area contributed by atoms with Crippen molar-refractivity contribution in [2.24, 2.45) is 0 Å². The summed E-state index contributed by atoms with van der Waals surface area (Å²) in [7, 11) is 0. The molecule has 0 saturated carbocycles. The Labute approximate surface area is 121 Å². The zero-order valence-electron chi connectivity index (χ0n) is 12.6. The van der Waals surface area contributed by atoms with Gasteiger partial charge in [-0.05, 0) is 32.3 Å². The Hall–Kier alpha value is -1.84. The third kappa shape index (κ3) is 6.36. The second-order valence-electron chi connectivity index (χ2n) is 5.25. The predicted octanol–water partition coefficient (Wildman–Crippen LogP) is 1.99. The van der Waals surface area contributed by atoms with Crippen LogP contribution in [0.5, 0.6) is 0 Å². The van der Waals surface area contributed by atoms with E-state index in [0.29, 0.717) is 6.54 Å². The molecule has 0 saturated heterocycles. The zero-order valence-corrected chi connectivity index (χ0v) is 12.6. The maximum Gasteiger partial charge on any atom is 0.239 e. The first kappa shape index (κ1) is 16.2. The Morgan fingerprint density at radius 1 is 1.20 bits per heavy atom. The number of hydrogen-bond acceptors (Lipinski definition) is 2. The van der Waals surface area contributed by atoms with Crippen molar-refractivity contribution in [2.75, 3.05) is 13.1 Å². The summed E-state index contributed by atoms with van der Waals surface area (Å²) < 4.78 is 0. The molecule has 0 aliphatic carbocycles. The van der Waals surface area contributed by atoms with Crippen LogP contribution in [-0.4, -0.2) is 35.8 Å². The minimum Gasteiger partial charge on any atom is -0.352 e. The van der Waals surface area contributed by atoms with E-state index in [4.69, 9.17) is 0 Å². The van der Waals surface area contributed by atoms with Crippen molar-refractivity contribution in [3.05, 3.63) is 35.9 Å². The lowest BCUT2D eigenvalue weighted by molar-refractivity contribution is -0.134. The minimum absolute atomic E-state index is 0.0584. The van der Waals surface area contributed by atoms with Gasteiger partial charge >= 0.3 is 0 Å². The topological polar surface area (TPSA) is 49.4 Å². The molecule has 0 aromatic heterocycles. The van der Waals surface area contributed by atoms with E-state index in [2.05, 4.69) is 17.4 Å². The highest BCUT2D eigenvalue weighted by Crippen LogP contribution is 2.04. The van der Waals surface area contributed by atoms with Crippen LogP contribution in [0.4, 0.5) is 0 Å². The summed E-state index contributed by atoms with van der Waals surface area (Å²) in [6.07, 6.45) is 1.77. The molecule has 1 aromatic carbocycles. The number of aryl methyl sites for hydroxylation is 1. The molecule has 110 valence electrons. The molecule has 0 spiro atoms. The molecule has 0 aliphatic rings. The Kier molecular flexibility index (Phi) is 6.77. The first-order chi connectivity index (χ1) is 9.49. The van der Waals surface area contributed by atoms with E-state index >= 15 is 0 Å². The number of amides is 2. The van der Waals surface area contributed by atoms with E-state index in [1.165, 1.54) is 12.5 Å². The van der Waals surface area contributed by atoms with Gasteiger partial charge in [0.2, 0.25) is 11.8 Å². The molecule has 1 aromatic rings. The summed E-state index contributed by atoms with van der Waals surface area (Å²) in [5, 5.41) is 2.80. The van der Waals surface area contributed by atoms with Crippen LogP contribution in [0.15, 0.2) is 30.3 Å². The van der Waals surface area contributed by atoms with Gasteiger partial charge in [-0.2, -0.15) is 0 Å². The van der Waals surface area contributed by atoms with Gasteiger partial charge in [-0.3, -0.25) is 9.59 Å². The summed E-state index contributed by atoms with van der Waals surface area (Å²) in [6, 6.07) is 10.2. The van der Waals surface area contributed by atoms with Crippen LogP contribution in [-0.2, 0) is 16.0 Å². The fourth-order valence-electron chi connectivity index (χ4n) is 2.01. The third-order valence-electron chi connectivity index (χ3n) is 2.97. The van der Waals surface area contributed by atoms with Crippen molar-refractivity contribution in [3.63, 3.8) is 0 Å². The molecule has 0 unspecified atom stereocenters. The van der Waals surface area contributed by atoms with Crippen molar-refractivity contribution >= 4 is 11.8 Å². The van der Waals surface area contributed by atoms with Gasteiger partial charge in [0, 0.05) is 19.5 Å². The molecule has 20 heavy (non-hydrogen) atoms. The second kappa shape index (κ2) is 8.35. The number of benzene rings is 1. The van der Waals surface area contributed by atoms with Gasteiger partial charge in [0.05, 0.1) is 6.54 Å². The monoisotopic (exact) mass is 276 g/mol. The van der Waals surface area contributed by atoms with Gasteiger partial charge in [-0.25, -0.2) is 0 Å². The van der Waals surface area contributed by atoms with Gasteiger partial charge in [0.25, 0.3) is 0 Å². The fraction of sp³-hybridized carbons (Fsp3) is 0.500. The lowest BCUT2D eigenvalue weighted by Gasteiger charge is -2.21. The Morgan fingerprint density at radius 2 is 1.85 bits per heavy atom. The van der Waals surface area contributed by atoms with Gasteiger partial charge in [-0.1, -0.05) is 30.3 Å². The summed E-state index contributed by atoms with van der Waals surface area (Å²) in [5.74, 6) is -0.160. The molecule has 2 amide bonds. The van der Waals surface area contributed by atoms with Crippen LogP contribution in [0, 0.1) is 0 Å². The largest absolute Gasteiger partial charge is 0.352 e. The van der Waals surface area contributed by atoms with Crippen molar-refractivity contribution in [2.45, 2.75) is 39.7 Å². The minimum atomic E-state index is -0.102. The first-order valence-corrected chi connectivity index (χ1v) is 7.08. The summed E-state index contributed by atoms with van der Waals surface area (Å²) in [6.45, 7) is 6.07. The van der Waals surface area contributed by atoms with Crippen molar-refractivity contribution < 1.29 is 9.59 Å². The number of hydrogen-bond donors (Lipinski definition) is 1. The van der Waals surface area contributed by atoms with E-state index in [1.807, 2.05) is 32.0 Å². The predicted molar refractivity (Wildman–Crippen MR) is 80.3 cm³/mol. The van der Waals surface area contributed by atoms with Gasteiger partial charge in [0.15, 0.2) is 0 Å². The van der Waals surface area contributed by atoms with Crippen molar-refractivity contribution in [3.8, 4) is 0 Å². The molecule has 0 radical (unpaired) electrons. The molecule has 0 fully saturated rings. The molecule has 4 heteroatoms. The Balaban J connectivity index is 2.39. The van der Waals surface area contributed by atoms with Crippen molar-refractivity contribution in [1.82, 2.24) is 10.2 Å². The smallest absolute Gasteiger partial charge is 0.239 e. The number of rotatable bonds is 7.